The third kappa shape index (κ3) is 3.03. The monoisotopic (exact) mass is 383 g/mol. The smallest absolute Gasteiger partial charge is 0.453 e. The number of ether oxygens (including phenoxy) is 1. The SMILES string of the molecule is FC(F)(F)c1nnc2ccc(NC3CCCOc4c(Cl)cccc43)nn12. The first-order valence-electron chi connectivity index (χ1n) is 7.91. The van der Waals surface area contributed by atoms with Crippen LogP contribution >= 0.6 is 11.6 Å². The average Bonchev–Trinajstić information content (AvgIpc) is 2.91. The van der Waals surface area contributed by atoms with Gasteiger partial charge >= 0.3 is 6.18 Å². The van der Waals surface area contributed by atoms with Gasteiger partial charge in [0.1, 0.15) is 11.6 Å². The molecular formula is C16H13ClF3N5O. The molecule has 1 atom stereocenters. The molecule has 0 aliphatic carbocycles. The maximum atomic E-state index is 13.0. The van der Waals surface area contributed by atoms with Crippen molar-refractivity contribution in [3.05, 3.63) is 46.7 Å². The maximum Gasteiger partial charge on any atom is 0.453 e. The number of benzene rings is 1. The molecule has 26 heavy (non-hydrogen) atoms. The van der Waals surface area contributed by atoms with E-state index in [2.05, 4.69) is 20.6 Å². The van der Waals surface area contributed by atoms with Crippen LogP contribution in [0.15, 0.2) is 30.3 Å². The Labute approximate surface area is 150 Å². The molecule has 1 aromatic carbocycles. The number of rotatable bonds is 2. The van der Waals surface area contributed by atoms with E-state index in [1.807, 2.05) is 12.1 Å². The van der Waals surface area contributed by atoms with Gasteiger partial charge in [0.2, 0.25) is 0 Å². The number of hydrogen-bond acceptors (Lipinski definition) is 5. The fourth-order valence-corrected chi connectivity index (χ4v) is 3.18. The zero-order valence-corrected chi connectivity index (χ0v) is 14.1. The number of anilines is 1. The predicted molar refractivity (Wildman–Crippen MR) is 88.3 cm³/mol. The van der Waals surface area contributed by atoms with Crippen LogP contribution in [0, 0.1) is 0 Å². The van der Waals surface area contributed by atoms with Crippen LogP contribution in [-0.2, 0) is 6.18 Å². The van der Waals surface area contributed by atoms with Crippen LogP contribution in [0.25, 0.3) is 5.65 Å². The fourth-order valence-electron chi connectivity index (χ4n) is 2.94. The normalized spacial score (nSPS) is 17.5. The molecule has 0 fully saturated rings. The van der Waals surface area contributed by atoms with Gasteiger partial charge in [-0.1, -0.05) is 23.7 Å². The number of aromatic nitrogens is 4. The lowest BCUT2D eigenvalue weighted by molar-refractivity contribution is -0.146. The Bertz CT molecular complexity index is 959. The number of hydrogen-bond donors (Lipinski definition) is 1. The molecule has 1 N–H and O–H groups in total. The molecule has 1 aliphatic heterocycles. The van der Waals surface area contributed by atoms with Gasteiger partial charge in [-0.05, 0) is 31.0 Å². The van der Waals surface area contributed by atoms with Crippen molar-refractivity contribution in [3.8, 4) is 5.75 Å². The zero-order valence-electron chi connectivity index (χ0n) is 13.3. The lowest BCUT2D eigenvalue weighted by Crippen LogP contribution is -2.15. The van der Waals surface area contributed by atoms with E-state index in [-0.39, 0.29) is 17.5 Å². The summed E-state index contributed by atoms with van der Waals surface area (Å²) in [5, 5.41) is 14.4. The minimum Gasteiger partial charge on any atom is -0.492 e. The second-order valence-corrected chi connectivity index (χ2v) is 6.26. The molecule has 2 aromatic heterocycles. The molecular weight excluding hydrogens is 371 g/mol. The van der Waals surface area contributed by atoms with Crippen molar-refractivity contribution in [3.63, 3.8) is 0 Å². The van der Waals surface area contributed by atoms with Crippen LogP contribution < -0.4 is 10.1 Å². The summed E-state index contributed by atoms with van der Waals surface area (Å²) in [6.45, 7) is 0.519. The van der Waals surface area contributed by atoms with Gasteiger partial charge in [0.15, 0.2) is 5.65 Å². The fraction of sp³-hybridized carbons (Fsp3) is 0.312. The first kappa shape index (κ1) is 16.9. The van der Waals surface area contributed by atoms with E-state index in [1.165, 1.54) is 6.07 Å². The minimum absolute atomic E-state index is 0.0236. The summed E-state index contributed by atoms with van der Waals surface area (Å²) in [6.07, 6.45) is -3.14. The van der Waals surface area contributed by atoms with Crippen molar-refractivity contribution in [1.82, 2.24) is 19.8 Å². The van der Waals surface area contributed by atoms with E-state index >= 15 is 0 Å². The van der Waals surface area contributed by atoms with Crippen LogP contribution in [0.5, 0.6) is 5.75 Å². The number of alkyl halides is 3. The first-order valence-corrected chi connectivity index (χ1v) is 8.29. The number of nitrogens with zero attached hydrogens (tertiary/aromatic N) is 4. The summed E-state index contributed by atoms with van der Waals surface area (Å²) >= 11 is 6.20. The molecule has 3 heterocycles. The van der Waals surface area contributed by atoms with Gasteiger partial charge in [-0.2, -0.15) is 17.7 Å². The van der Waals surface area contributed by atoms with Crippen LogP contribution in [-0.4, -0.2) is 26.4 Å². The Balaban J connectivity index is 1.70. The molecule has 6 nitrogen and oxygen atoms in total. The molecule has 3 aromatic rings. The number of nitrogens with one attached hydrogen (secondary N) is 1. The van der Waals surface area contributed by atoms with E-state index in [0.717, 1.165) is 18.4 Å². The summed E-state index contributed by atoms with van der Waals surface area (Å²) < 4.78 is 45.5. The first-order chi connectivity index (χ1) is 12.4. The topological polar surface area (TPSA) is 64.3 Å². The quantitative estimate of drug-likeness (QED) is 0.721. The molecule has 0 radical (unpaired) electrons. The maximum absolute atomic E-state index is 13.0. The van der Waals surface area contributed by atoms with Gasteiger partial charge < -0.3 is 10.1 Å². The molecule has 0 bridgehead atoms. The molecule has 0 amide bonds. The Hall–Kier alpha value is -2.55. The summed E-state index contributed by atoms with van der Waals surface area (Å²) in [7, 11) is 0. The predicted octanol–water partition coefficient (Wildman–Crippen LogP) is 4.12. The highest BCUT2D eigenvalue weighted by atomic mass is 35.5. The van der Waals surface area contributed by atoms with Gasteiger partial charge in [0.25, 0.3) is 5.82 Å². The summed E-state index contributed by atoms with van der Waals surface area (Å²) in [6, 6.07) is 8.23. The van der Waals surface area contributed by atoms with E-state index < -0.39 is 12.0 Å². The molecule has 0 saturated heterocycles. The standard InChI is InChI=1S/C16H13ClF3N5O/c17-10-4-1-3-9-11(5-2-8-26-14(9)10)21-12-6-7-13-22-23-15(16(18,19)20)25(13)24-12/h1,3-4,6-7,11H,2,5,8H2,(H,21,24). The Morgan fingerprint density at radius 1 is 1.19 bits per heavy atom. The highest BCUT2D eigenvalue weighted by molar-refractivity contribution is 6.32. The van der Waals surface area contributed by atoms with Crippen LogP contribution in [0.1, 0.15) is 30.3 Å². The highest BCUT2D eigenvalue weighted by Crippen LogP contribution is 2.38. The van der Waals surface area contributed by atoms with Crippen molar-refractivity contribution < 1.29 is 17.9 Å². The van der Waals surface area contributed by atoms with Gasteiger partial charge in [-0.15, -0.1) is 15.3 Å². The van der Waals surface area contributed by atoms with Crippen molar-refractivity contribution in [1.29, 1.82) is 0 Å². The van der Waals surface area contributed by atoms with E-state index in [9.17, 15) is 13.2 Å². The molecule has 0 saturated carbocycles. The van der Waals surface area contributed by atoms with Crippen molar-refractivity contribution in [2.24, 2.45) is 0 Å². The van der Waals surface area contributed by atoms with Crippen LogP contribution in [0.3, 0.4) is 0 Å². The second-order valence-electron chi connectivity index (χ2n) is 5.86. The molecule has 136 valence electrons. The highest BCUT2D eigenvalue weighted by Gasteiger charge is 2.37. The third-order valence-corrected chi connectivity index (χ3v) is 4.39. The molecule has 1 aliphatic rings. The molecule has 4 rings (SSSR count). The molecule has 10 heteroatoms. The lowest BCUT2D eigenvalue weighted by atomic mass is 10.0. The van der Waals surface area contributed by atoms with Gasteiger partial charge in [0.05, 0.1) is 17.7 Å². The molecule has 1 unspecified atom stereocenters. The van der Waals surface area contributed by atoms with Crippen LogP contribution in [0.4, 0.5) is 19.0 Å². The van der Waals surface area contributed by atoms with Crippen molar-refractivity contribution in [2.45, 2.75) is 25.1 Å². The number of fused-ring (bicyclic) bond motifs is 2. The van der Waals surface area contributed by atoms with E-state index in [4.69, 9.17) is 16.3 Å². The van der Waals surface area contributed by atoms with Gasteiger partial charge in [-0.25, -0.2) is 0 Å². The zero-order chi connectivity index (χ0) is 18.3. The largest absolute Gasteiger partial charge is 0.492 e. The van der Waals surface area contributed by atoms with Crippen molar-refractivity contribution >= 4 is 23.1 Å². The number of halogens is 4. The third-order valence-electron chi connectivity index (χ3n) is 4.09. The minimum atomic E-state index is -4.64. The molecule has 0 spiro atoms. The summed E-state index contributed by atoms with van der Waals surface area (Å²) in [4.78, 5) is 0. The van der Waals surface area contributed by atoms with Gasteiger partial charge in [0, 0.05) is 5.56 Å². The second kappa shape index (κ2) is 6.31. The number of para-hydroxylation sites is 1. The summed E-state index contributed by atoms with van der Waals surface area (Å²) in [5.41, 5.74) is 0.868. The van der Waals surface area contributed by atoms with Crippen molar-refractivity contribution in [2.75, 3.05) is 11.9 Å². The van der Waals surface area contributed by atoms with Gasteiger partial charge in [-0.3, -0.25) is 0 Å². The van der Waals surface area contributed by atoms with E-state index in [0.29, 0.717) is 21.9 Å². The Kier molecular flexibility index (Phi) is 4.10. The Morgan fingerprint density at radius 2 is 2.04 bits per heavy atom. The van der Waals surface area contributed by atoms with E-state index in [1.54, 1.807) is 12.1 Å². The van der Waals surface area contributed by atoms with Crippen LogP contribution in [0.2, 0.25) is 5.02 Å². The Morgan fingerprint density at radius 3 is 2.85 bits per heavy atom. The lowest BCUT2D eigenvalue weighted by Gasteiger charge is -2.19. The summed E-state index contributed by atoms with van der Waals surface area (Å²) in [5.74, 6) is -0.296. The average molecular weight is 384 g/mol.